The first-order valence-corrected chi connectivity index (χ1v) is 11.0. The first kappa shape index (κ1) is 20.8. The van der Waals surface area contributed by atoms with E-state index in [0.717, 1.165) is 24.2 Å². The molecule has 0 radical (unpaired) electrons. The summed E-state index contributed by atoms with van der Waals surface area (Å²) in [7, 11) is -3.82. The molecule has 1 saturated heterocycles. The van der Waals surface area contributed by atoms with Gasteiger partial charge in [-0.1, -0.05) is 30.7 Å². The molecule has 5 nitrogen and oxygen atoms in total. The van der Waals surface area contributed by atoms with Gasteiger partial charge in [0.25, 0.3) is 0 Å². The van der Waals surface area contributed by atoms with E-state index in [1.165, 1.54) is 15.9 Å². The summed E-state index contributed by atoms with van der Waals surface area (Å²) in [6.45, 7) is 2.49. The molecule has 0 bridgehead atoms. The van der Waals surface area contributed by atoms with Crippen molar-refractivity contribution in [3.63, 3.8) is 0 Å². The second-order valence-corrected chi connectivity index (χ2v) is 9.11. The molecule has 2 aromatic rings. The Labute approximate surface area is 169 Å². The fourth-order valence-electron chi connectivity index (χ4n) is 3.25. The van der Waals surface area contributed by atoms with Crippen molar-refractivity contribution in [2.45, 2.75) is 31.1 Å². The number of piperidine rings is 1. The minimum absolute atomic E-state index is 0.110. The van der Waals surface area contributed by atoms with Crippen LogP contribution in [-0.2, 0) is 21.2 Å². The Morgan fingerprint density at radius 3 is 2.39 bits per heavy atom. The third kappa shape index (κ3) is 4.54. The fraction of sp³-hybridized carbons (Fsp3) is 0.350. The number of amides is 1. The first-order valence-electron chi connectivity index (χ1n) is 9.16. The summed E-state index contributed by atoms with van der Waals surface area (Å²) in [6, 6.07) is 10.9. The van der Waals surface area contributed by atoms with Gasteiger partial charge >= 0.3 is 0 Å². The van der Waals surface area contributed by atoms with E-state index in [1.807, 2.05) is 24.3 Å². The summed E-state index contributed by atoms with van der Waals surface area (Å²) in [6.07, 6.45) is 1.76. The van der Waals surface area contributed by atoms with Crippen molar-refractivity contribution >= 4 is 33.2 Å². The molecule has 1 aliphatic heterocycles. The van der Waals surface area contributed by atoms with Gasteiger partial charge in [-0.15, -0.1) is 0 Å². The fourth-order valence-corrected chi connectivity index (χ4v) is 5.22. The number of anilines is 1. The quantitative estimate of drug-likeness (QED) is 0.786. The molecule has 0 spiro atoms. The van der Waals surface area contributed by atoms with Crippen LogP contribution in [-0.4, -0.2) is 31.7 Å². The average molecular weight is 425 g/mol. The number of hydrogen-bond acceptors (Lipinski definition) is 3. The van der Waals surface area contributed by atoms with Crippen LogP contribution < -0.4 is 5.32 Å². The Hall–Kier alpha value is -1.96. The first-order chi connectivity index (χ1) is 13.3. The summed E-state index contributed by atoms with van der Waals surface area (Å²) in [5, 5.41) is 2.75. The number of aryl methyl sites for hydroxylation is 1. The Morgan fingerprint density at radius 2 is 1.82 bits per heavy atom. The van der Waals surface area contributed by atoms with Gasteiger partial charge in [-0.05, 0) is 55.2 Å². The lowest BCUT2D eigenvalue weighted by Crippen LogP contribution is -2.41. The van der Waals surface area contributed by atoms with Gasteiger partial charge in [-0.25, -0.2) is 12.8 Å². The normalized spacial score (nSPS) is 16.1. The smallest absolute Gasteiger partial charge is 0.244 e. The Morgan fingerprint density at radius 1 is 1.18 bits per heavy atom. The maximum absolute atomic E-state index is 13.2. The number of sulfonamides is 1. The summed E-state index contributed by atoms with van der Waals surface area (Å²) in [5.74, 6) is -0.964. The molecule has 0 unspecified atom stereocenters. The molecule has 3 rings (SSSR count). The largest absolute Gasteiger partial charge is 0.326 e. The number of nitrogens with zero attached hydrogens (tertiary/aromatic N) is 1. The van der Waals surface area contributed by atoms with Gasteiger partial charge in [0.2, 0.25) is 15.9 Å². The molecule has 1 aliphatic rings. The third-order valence-corrected chi connectivity index (χ3v) is 7.35. The third-order valence-electron chi connectivity index (χ3n) is 4.97. The standard InChI is InChI=1S/C20H22ClFN2O3S/c1-2-14-3-6-17(7-4-14)23-20(25)15-9-11-24(12-10-15)28(26,27)19-8-5-16(22)13-18(19)21/h3-8,13,15H,2,9-12H2,1H3,(H,23,25). The molecule has 150 valence electrons. The molecule has 0 aliphatic carbocycles. The molecule has 1 amide bonds. The molecule has 8 heteroatoms. The predicted octanol–water partition coefficient (Wildman–Crippen LogP) is 4.08. The second kappa shape index (κ2) is 8.59. The van der Waals surface area contributed by atoms with Crippen LogP contribution in [0.5, 0.6) is 0 Å². The van der Waals surface area contributed by atoms with E-state index in [4.69, 9.17) is 11.6 Å². The summed E-state index contributed by atoms with van der Waals surface area (Å²) in [5.41, 5.74) is 1.92. The molecule has 28 heavy (non-hydrogen) atoms. The molecular formula is C20H22ClFN2O3S. The van der Waals surface area contributed by atoms with Crippen molar-refractivity contribution in [3.05, 3.63) is 58.9 Å². The van der Waals surface area contributed by atoms with E-state index in [0.29, 0.717) is 12.8 Å². The highest BCUT2D eigenvalue weighted by Gasteiger charge is 2.33. The number of carbonyl (C=O) groups excluding carboxylic acids is 1. The van der Waals surface area contributed by atoms with Gasteiger partial charge in [0.15, 0.2) is 0 Å². The SMILES string of the molecule is CCc1ccc(NC(=O)C2CCN(S(=O)(=O)c3ccc(F)cc3Cl)CC2)cc1. The van der Waals surface area contributed by atoms with E-state index in [9.17, 15) is 17.6 Å². The highest BCUT2D eigenvalue weighted by Crippen LogP contribution is 2.29. The van der Waals surface area contributed by atoms with Crippen molar-refractivity contribution in [1.82, 2.24) is 4.31 Å². The van der Waals surface area contributed by atoms with Gasteiger partial charge in [-0.3, -0.25) is 4.79 Å². The minimum atomic E-state index is -3.82. The van der Waals surface area contributed by atoms with E-state index in [-0.39, 0.29) is 34.8 Å². The van der Waals surface area contributed by atoms with E-state index < -0.39 is 15.8 Å². The minimum Gasteiger partial charge on any atom is -0.326 e. The summed E-state index contributed by atoms with van der Waals surface area (Å²) >= 11 is 5.91. The maximum atomic E-state index is 13.2. The molecule has 1 heterocycles. The monoisotopic (exact) mass is 424 g/mol. The second-order valence-electron chi connectivity index (χ2n) is 6.79. The van der Waals surface area contributed by atoms with E-state index in [1.54, 1.807) is 0 Å². The number of rotatable bonds is 5. The molecule has 2 aromatic carbocycles. The van der Waals surface area contributed by atoms with Gasteiger partial charge < -0.3 is 5.32 Å². The van der Waals surface area contributed by atoms with E-state index >= 15 is 0 Å². The summed E-state index contributed by atoms with van der Waals surface area (Å²) in [4.78, 5) is 12.4. The topological polar surface area (TPSA) is 66.5 Å². The van der Waals surface area contributed by atoms with Crippen LogP contribution in [0.4, 0.5) is 10.1 Å². The number of carbonyl (C=O) groups is 1. The lowest BCUT2D eigenvalue weighted by Gasteiger charge is -2.30. The van der Waals surface area contributed by atoms with Crippen LogP contribution in [0.25, 0.3) is 0 Å². The van der Waals surface area contributed by atoms with Crippen LogP contribution in [0.2, 0.25) is 5.02 Å². The highest BCUT2D eigenvalue weighted by molar-refractivity contribution is 7.89. The zero-order chi connectivity index (χ0) is 20.3. The average Bonchev–Trinajstić information content (AvgIpc) is 2.68. The highest BCUT2D eigenvalue weighted by atomic mass is 35.5. The van der Waals surface area contributed by atoms with Crippen molar-refractivity contribution in [1.29, 1.82) is 0 Å². The van der Waals surface area contributed by atoms with Gasteiger partial charge in [0.05, 0.1) is 5.02 Å². The zero-order valence-corrected chi connectivity index (χ0v) is 17.1. The van der Waals surface area contributed by atoms with E-state index in [2.05, 4.69) is 12.2 Å². The van der Waals surface area contributed by atoms with Crippen molar-refractivity contribution in [3.8, 4) is 0 Å². The van der Waals surface area contributed by atoms with Crippen molar-refractivity contribution in [2.75, 3.05) is 18.4 Å². The molecule has 0 saturated carbocycles. The van der Waals surface area contributed by atoms with Crippen LogP contribution in [0, 0.1) is 11.7 Å². The Kier molecular flexibility index (Phi) is 6.37. The number of benzene rings is 2. The number of nitrogens with one attached hydrogen (secondary N) is 1. The van der Waals surface area contributed by atoms with Crippen molar-refractivity contribution in [2.24, 2.45) is 5.92 Å². The van der Waals surface area contributed by atoms with Crippen LogP contribution in [0.1, 0.15) is 25.3 Å². The Bertz CT molecular complexity index is 956. The van der Waals surface area contributed by atoms with Gasteiger partial charge in [-0.2, -0.15) is 4.31 Å². The Balaban J connectivity index is 1.62. The number of halogens is 2. The zero-order valence-electron chi connectivity index (χ0n) is 15.5. The summed E-state index contributed by atoms with van der Waals surface area (Å²) < 4.78 is 40.0. The van der Waals surface area contributed by atoms with Gasteiger partial charge in [0, 0.05) is 24.7 Å². The molecule has 1 N–H and O–H groups in total. The molecule has 0 aromatic heterocycles. The van der Waals surface area contributed by atoms with Crippen LogP contribution in [0.15, 0.2) is 47.4 Å². The van der Waals surface area contributed by atoms with Gasteiger partial charge in [0.1, 0.15) is 10.7 Å². The molecular weight excluding hydrogens is 403 g/mol. The van der Waals surface area contributed by atoms with Crippen molar-refractivity contribution < 1.29 is 17.6 Å². The molecule has 1 fully saturated rings. The predicted molar refractivity (Wildman–Crippen MR) is 107 cm³/mol. The number of hydrogen-bond donors (Lipinski definition) is 1. The maximum Gasteiger partial charge on any atom is 0.244 e. The molecule has 0 atom stereocenters. The lowest BCUT2D eigenvalue weighted by atomic mass is 9.97. The lowest BCUT2D eigenvalue weighted by molar-refractivity contribution is -0.120. The van der Waals surface area contributed by atoms with Crippen LogP contribution in [0.3, 0.4) is 0 Å². The van der Waals surface area contributed by atoms with Crippen LogP contribution >= 0.6 is 11.6 Å².